The molecule has 2 aliphatic rings. The van der Waals surface area contributed by atoms with Crippen LogP contribution in [0.15, 0.2) is 48.8 Å². The number of aromatic nitrogens is 3. The first kappa shape index (κ1) is 22.4. The number of pyridine rings is 1. The molecule has 0 N–H and O–H groups in total. The van der Waals surface area contributed by atoms with E-state index in [1.807, 2.05) is 32.9 Å². The van der Waals surface area contributed by atoms with Gasteiger partial charge in [0.2, 0.25) is 0 Å². The molecule has 2 aromatic heterocycles. The second kappa shape index (κ2) is 9.08. The number of benzene rings is 1. The van der Waals surface area contributed by atoms with E-state index in [2.05, 4.69) is 34.1 Å². The number of ether oxygens (including phenoxy) is 1. The Morgan fingerprint density at radius 1 is 0.941 bits per heavy atom. The number of hydrogen-bond donors (Lipinski definition) is 0. The molecule has 5 rings (SSSR count). The smallest absolute Gasteiger partial charge is 0.410 e. The summed E-state index contributed by atoms with van der Waals surface area (Å²) >= 11 is 0. The van der Waals surface area contributed by atoms with E-state index in [1.165, 1.54) is 0 Å². The van der Waals surface area contributed by atoms with E-state index in [9.17, 15) is 4.79 Å². The number of fused-ring (bicyclic) bond motifs is 1. The zero-order chi connectivity index (χ0) is 23.7. The van der Waals surface area contributed by atoms with Gasteiger partial charge in [0.25, 0.3) is 0 Å². The van der Waals surface area contributed by atoms with Crippen molar-refractivity contribution < 1.29 is 9.53 Å². The van der Waals surface area contributed by atoms with Crippen molar-refractivity contribution in [2.45, 2.75) is 38.7 Å². The van der Waals surface area contributed by atoms with Crippen molar-refractivity contribution in [3.05, 3.63) is 54.5 Å². The Hall–Kier alpha value is -3.42. The van der Waals surface area contributed by atoms with Crippen LogP contribution in [0.5, 0.6) is 0 Å². The van der Waals surface area contributed by atoms with Crippen LogP contribution in [0.3, 0.4) is 0 Å². The first-order chi connectivity index (χ1) is 16.4. The number of para-hydroxylation sites is 1. The molecule has 0 bridgehead atoms. The maximum atomic E-state index is 12.5. The monoisotopic (exact) mass is 460 g/mol. The minimum Gasteiger partial charge on any atom is -0.444 e. The topological polar surface area (TPSA) is 74.7 Å². The molecule has 0 radical (unpaired) electrons. The molecule has 0 spiro atoms. The van der Waals surface area contributed by atoms with Crippen LogP contribution in [0, 0.1) is 0 Å². The minimum absolute atomic E-state index is 0.244. The molecule has 1 amide bonds. The molecule has 1 aromatic carbocycles. The predicted molar refractivity (Wildman–Crippen MR) is 133 cm³/mol. The maximum Gasteiger partial charge on any atom is 0.410 e. The van der Waals surface area contributed by atoms with Crippen molar-refractivity contribution in [1.82, 2.24) is 19.9 Å². The molecule has 178 valence electrons. The number of carbonyl (C=O) groups is 1. The van der Waals surface area contributed by atoms with Crippen molar-refractivity contribution in [2.24, 2.45) is 0 Å². The molecular formula is C26H32N6O2. The first-order valence-electron chi connectivity index (χ1n) is 12.0. The molecular weight excluding hydrogens is 428 g/mol. The number of anilines is 2. The van der Waals surface area contributed by atoms with Crippen molar-refractivity contribution in [1.29, 1.82) is 0 Å². The fourth-order valence-electron chi connectivity index (χ4n) is 4.58. The van der Waals surface area contributed by atoms with Gasteiger partial charge in [0, 0.05) is 63.0 Å². The van der Waals surface area contributed by atoms with Gasteiger partial charge in [-0.15, -0.1) is 0 Å². The first-order valence-corrected chi connectivity index (χ1v) is 12.0. The van der Waals surface area contributed by atoms with Gasteiger partial charge in [-0.05, 0) is 45.4 Å². The van der Waals surface area contributed by atoms with E-state index in [0.29, 0.717) is 25.6 Å². The molecule has 0 atom stereocenters. The molecule has 2 saturated heterocycles. The number of nitrogens with zero attached hydrogens (tertiary/aromatic N) is 6. The molecule has 0 saturated carbocycles. The van der Waals surface area contributed by atoms with Crippen LogP contribution in [0.1, 0.15) is 38.8 Å². The van der Waals surface area contributed by atoms with Crippen LogP contribution in [-0.2, 0) is 4.74 Å². The SMILES string of the molecule is CC(C)(C)OC(=O)N1CCCN(c2nccnc2C2CN(c3ccc4ccccc4n3)C2)CC1. The standard InChI is InChI=1S/C26H32N6O2/c1-26(2,3)34-25(33)31-14-6-13-30(15-16-31)24-23(27-11-12-28-24)20-17-32(18-20)22-10-9-19-7-4-5-8-21(19)29-22/h4-5,7-12,20H,6,13-18H2,1-3H3. The van der Waals surface area contributed by atoms with Gasteiger partial charge in [-0.1, -0.05) is 18.2 Å². The number of rotatable bonds is 3. The number of carbonyl (C=O) groups excluding carboxylic acids is 1. The minimum atomic E-state index is -0.489. The Morgan fingerprint density at radius 2 is 1.74 bits per heavy atom. The Bertz CT molecular complexity index is 1170. The van der Waals surface area contributed by atoms with Gasteiger partial charge in [0.15, 0.2) is 5.82 Å². The van der Waals surface area contributed by atoms with Gasteiger partial charge in [0.05, 0.1) is 11.2 Å². The summed E-state index contributed by atoms with van der Waals surface area (Å²) in [7, 11) is 0. The van der Waals surface area contributed by atoms with Crippen molar-refractivity contribution >= 4 is 28.6 Å². The fourth-order valence-corrected chi connectivity index (χ4v) is 4.58. The third-order valence-corrected chi connectivity index (χ3v) is 6.33. The Morgan fingerprint density at radius 3 is 2.56 bits per heavy atom. The Labute approximate surface area is 200 Å². The second-order valence-electron chi connectivity index (χ2n) is 10.0. The van der Waals surface area contributed by atoms with Crippen molar-refractivity contribution in [3.63, 3.8) is 0 Å². The van der Waals surface area contributed by atoms with E-state index in [1.54, 1.807) is 17.3 Å². The molecule has 4 heterocycles. The lowest BCUT2D eigenvalue weighted by atomic mass is 9.95. The third-order valence-electron chi connectivity index (χ3n) is 6.33. The van der Waals surface area contributed by atoms with Gasteiger partial charge in [-0.2, -0.15) is 0 Å². The average Bonchev–Trinajstić information content (AvgIpc) is 3.04. The van der Waals surface area contributed by atoms with Crippen LogP contribution >= 0.6 is 0 Å². The highest BCUT2D eigenvalue weighted by molar-refractivity contribution is 5.80. The number of hydrogen-bond acceptors (Lipinski definition) is 7. The quantitative estimate of drug-likeness (QED) is 0.583. The summed E-state index contributed by atoms with van der Waals surface area (Å²) in [5.41, 5.74) is 1.56. The van der Waals surface area contributed by atoms with E-state index in [0.717, 1.165) is 54.3 Å². The van der Waals surface area contributed by atoms with Crippen LogP contribution in [-0.4, -0.2) is 70.8 Å². The lowest BCUT2D eigenvalue weighted by Gasteiger charge is -2.41. The summed E-state index contributed by atoms with van der Waals surface area (Å²) < 4.78 is 5.57. The van der Waals surface area contributed by atoms with Crippen LogP contribution in [0.25, 0.3) is 10.9 Å². The maximum absolute atomic E-state index is 12.5. The highest BCUT2D eigenvalue weighted by atomic mass is 16.6. The molecule has 8 nitrogen and oxygen atoms in total. The van der Waals surface area contributed by atoms with E-state index >= 15 is 0 Å². The van der Waals surface area contributed by atoms with Crippen LogP contribution in [0.4, 0.5) is 16.4 Å². The Balaban J connectivity index is 1.26. The zero-order valence-electron chi connectivity index (χ0n) is 20.1. The molecule has 2 aliphatic heterocycles. The zero-order valence-corrected chi connectivity index (χ0v) is 20.1. The predicted octanol–water partition coefficient (Wildman–Crippen LogP) is 4.08. The van der Waals surface area contributed by atoms with Gasteiger partial charge in [-0.3, -0.25) is 4.98 Å². The van der Waals surface area contributed by atoms with E-state index in [-0.39, 0.29) is 6.09 Å². The summed E-state index contributed by atoms with van der Waals surface area (Å²) in [6, 6.07) is 12.4. The summed E-state index contributed by atoms with van der Waals surface area (Å²) in [5, 5.41) is 1.15. The molecule has 0 aliphatic carbocycles. The fraction of sp³-hybridized carbons (Fsp3) is 0.462. The van der Waals surface area contributed by atoms with Gasteiger partial charge in [-0.25, -0.2) is 14.8 Å². The normalized spacial score (nSPS) is 17.4. The molecule has 3 aromatic rings. The highest BCUT2D eigenvalue weighted by Crippen LogP contribution is 2.34. The Kier molecular flexibility index (Phi) is 5.98. The summed E-state index contributed by atoms with van der Waals surface area (Å²) in [6.07, 6.45) is 4.16. The third kappa shape index (κ3) is 4.76. The second-order valence-corrected chi connectivity index (χ2v) is 10.0. The van der Waals surface area contributed by atoms with Crippen LogP contribution < -0.4 is 9.80 Å². The van der Waals surface area contributed by atoms with Crippen molar-refractivity contribution in [2.75, 3.05) is 49.1 Å². The summed E-state index contributed by atoms with van der Waals surface area (Å²) in [5.74, 6) is 2.25. The molecule has 8 heteroatoms. The summed E-state index contributed by atoms with van der Waals surface area (Å²) in [4.78, 5) is 33.2. The largest absolute Gasteiger partial charge is 0.444 e. The lowest BCUT2D eigenvalue weighted by molar-refractivity contribution is 0.0263. The van der Waals surface area contributed by atoms with Gasteiger partial charge < -0.3 is 19.4 Å². The van der Waals surface area contributed by atoms with Gasteiger partial charge >= 0.3 is 6.09 Å². The number of amides is 1. The lowest BCUT2D eigenvalue weighted by Crippen LogP contribution is -2.46. The van der Waals surface area contributed by atoms with Gasteiger partial charge in [0.1, 0.15) is 11.4 Å². The molecule has 34 heavy (non-hydrogen) atoms. The van der Waals surface area contributed by atoms with E-state index in [4.69, 9.17) is 19.7 Å². The van der Waals surface area contributed by atoms with E-state index < -0.39 is 5.60 Å². The molecule has 2 fully saturated rings. The summed E-state index contributed by atoms with van der Waals surface area (Å²) in [6.45, 7) is 10.3. The van der Waals surface area contributed by atoms with Crippen LogP contribution in [0.2, 0.25) is 0 Å². The highest BCUT2D eigenvalue weighted by Gasteiger charge is 2.34. The van der Waals surface area contributed by atoms with Crippen molar-refractivity contribution in [3.8, 4) is 0 Å². The molecule has 0 unspecified atom stereocenters. The average molecular weight is 461 g/mol.